The van der Waals surface area contributed by atoms with Gasteiger partial charge in [0.2, 0.25) is 5.16 Å². The first kappa shape index (κ1) is 19.0. The smallest absolute Gasteiger partial charge is 0.214 e. The van der Waals surface area contributed by atoms with Crippen molar-refractivity contribution in [2.24, 2.45) is 0 Å². The minimum absolute atomic E-state index is 0.0935. The Morgan fingerprint density at radius 3 is 2.59 bits per heavy atom. The van der Waals surface area contributed by atoms with E-state index in [1.807, 2.05) is 24.3 Å². The quantitative estimate of drug-likeness (QED) is 0.453. The van der Waals surface area contributed by atoms with E-state index in [4.69, 9.17) is 4.74 Å². The summed E-state index contributed by atoms with van der Waals surface area (Å²) >= 11 is 1.20. The summed E-state index contributed by atoms with van der Waals surface area (Å²) < 4.78 is 20.2. The Hall–Kier alpha value is -2.74. The van der Waals surface area contributed by atoms with Gasteiger partial charge in [0.05, 0.1) is 18.6 Å². The predicted octanol–water partition coefficient (Wildman–Crippen LogP) is 3.91. The van der Waals surface area contributed by atoms with Crippen LogP contribution in [0.15, 0.2) is 47.6 Å². The van der Waals surface area contributed by atoms with Crippen LogP contribution in [0.2, 0.25) is 0 Å². The second kappa shape index (κ2) is 8.30. The number of thioether (sulfide) groups is 1. The largest absolute Gasteiger partial charge is 0.494 e. The van der Waals surface area contributed by atoms with E-state index in [0.717, 1.165) is 5.69 Å². The number of Topliss-reactive ketones (excluding diaryl/α,β-unsaturated/α-hetero) is 1. The van der Waals surface area contributed by atoms with Gasteiger partial charge in [0, 0.05) is 5.56 Å². The molecule has 1 heterocycles. The highest BCUT2D eigenvalue weighted by Gasteiger charge is 2.14. The molecule has 0 aliphatic heterocycles. The van der Waals surface area contributed by atoms with Crippen LogP contribution in [-0.2, 0) is 0 Å². The van der Waals surface area contributed by atoms with Crippen molar-refractivity contribution >= 4 is 17.5 Å². The van der Waals surface area contributed by atoms with Crippen molar-refractivity contribution in [1.82, 2.24) is 20.2 Å². The molecular formula is C19H19FN4O2S. The van der Waals surface area contributed by atoms with Gasteiger partial charge in [-0.3, -0.25) is 4.79 Å². The molecule has 0 fully saturated rings. The second-order valence-electron chi connectivity index (χ2n) is 6.18. The first-order valence-electron chi connectivity index (χ1n) is 8.38. The van der Waals surface area contributed by atoms with Gasteiger partial charge in [-0.2, -0.15) is 4.68 Å². The number of nitrogens with zero attached hydrogens (tertiary/aromatic N) is 4. The SMILES string of the molecule is COc1ccc(C(=O)CSc2nnnn2-c2ccc(C(C)C)cc2)cc1F. The summed E-state index contributed by atoms with van der Waals surface area (Å²) in [6.07, 6.45) is 0. The third kappa shape index (κ3) is 4.33. The number of hydrogen-bond acceptors (Lipinski definition) is 6. The molecule has 0 aliphatic carbocycles. The number of hydrogen-bond donors (Lipinski definition) is 0. The van der Waals surface area contributed by atoms with Gasteiger partial charge in [0.1, 0.15) is 0 Å². The molecule has 27 heavy (non-hydrogen) atoms. The lowest BCUT2D eigenvalue weighted by atomic mass is 10.0. The Morgan fingerprint density at radius 2 is 1.96 bits per heavy atom. The molecule has 0 spiro atoms. The van der Waals surface area contributed by atoms with Gasteiger partial charge < -0.3 is 4.74 Å². The van der Waals surface area contributed by atoms with Crippen LogP contribution in [0.5, 0.6) is 5.75 Å². The second-order valence-corrected chi connectivity index (χ2v) is 7.12. The van der Waals surface area contributed by atoms with Crippen LogP contribution in [-0.4, -0.2) is 38.9 Å². The highest BCUT2D eigenvalue weighted by atomic mass is 32.2. The van der Waals surface area contributed by atoms with Gasteiger partial charge >= 0.3 is 0 Å². The molecule has 0 bridgehead atoms. The molecule has 8 heteroatoms. The highest BCUT2D eigenvalue weighted by molar-refractivity contribution is 7.99. The summed E-state index contributed by atoms with van der Waals surface area (Å²) in [5, 5.41) is 12.2. The summed E-state index contributed by atoms with van der Waals surface area (Å²) in [5.74, 6) is -0.150. The van der Waals surface area contributed by atoms with E-state index in [1.165, 1.54) is 36.6 Å². The summed E-state index contributed by atoms with van der Waals surface area (Å²) in [5.41, 5.74) is 2.31. The van der Waals surface area contributed by atoms with Gasteiger partial charge in [-0.1, -0.05) is 37.7 Å². The number of halogens is 1. The zero-order valence-corrected chi connectivity index (χ0v) is 16.0. The monoisotopic (exact) mass is 386 g/mol. The first-order chi connectivity index (χ1) is 13.0. The minimum Gasteiger partial charge on any atom is -0.494 e. The zero-order valence-electron chi connectivity index (χ0n) is 15.2. The van der Waals surface area contributed by atoms with E-state index in [-0.39, 0.29) is 22.8 Å². The lowest BCUT2D eigenvalue weighted by Crippen LogP contribution is -2.06. The van der Waals surface area contributed by atoms with Crippen LogP contribution in [0.4, 0.5) is 4.39 Å². The summed E-state index contributed by atoms with van der Waals surface area (Å²) in [6.45, 7) is 4.25. The third-order valence-corrected chi connectivity index (χ3v) is 4.97. The third-order valence-electron chi connectivity index (χ3n) is 4.05. The van der Waals surface area contributed by atoms with Crippen molar-refractivity contribution in [3.8, 4) is 11.4 Å². The van der Waals surface area contributed by atoms with Crippen LogP contribution in [0.3, 0.4) is 0 Å². The number of methoxy groups -OCH3 is 1. The zero-order chi connectivity index (χ0) is 19.4. The average Bonchev–Trinajstić information content (AvgIpc) is 3.14. The van der Waals surface area contributed by atoms with E-state index in [1.54, 1.807) is 10.7 Å². The van der Waals surface area contributed by atoms with Crippen LogP contribution >= 0.6 is 11.8 Å². The molecule has 3 rings (SSSR count). The van der Waals surface area contributed by atoms with Crippen LogP contribution in [0.25, 0.3) is 5.69 Å². The molecule has 0 atom stereocenters. The molecule has 0 amide bonds. The number of carbonyl (C=O) groups excluding carboxylic acids is 1. The Balaban J connectivity index is 1.71. The molecule has 1 aromatic heterocycles. The van der Waals surface area contributed by atoms with Crippen LogP contribution in [0, 0.1) is 5.82 Å². The maximum absolute atomic E-state index is 13.8. The number of benzene rings is 2. The maximum atomic E-state index is 13.8. The average molecular weight is 386 g/mol. The number of ketones is 1. The Bertz CT molecular complexity index is 941. The fraction of sp³-hybridized carbons (Fsp3) is 0.263. The van der Waals surface area contributed by atoms with Gasteiger partial charge in [0.25, 0.3) is 0 Å². The minimum atomic E-state index is -0.566. The number of rotatable bonds is 7. The highest BCUT2D eigenvalue weighted by Crippen LogP contribution is 2.23. The number of ether oxygens (including phenoxy) is 1. The molecule has 3 aromatic rings. The van der Waals surface area contributed by atoms with Crippen molar-refractivity contribution in [2.75, 3.05) is 12.9 Å². The lowest BCUT2D eigenvalue weighted by molar-refractivity contribution is 0.102. The van der Waals surface area contributed by atoms with Crippen molar-refractivity contribution in [1.29, 1.82) is 0 Å². The summed E-state index contributed by atoms with van der Waals surface area (Å²) in [7, 11) is 1.38. The topological polar surface area (TPSA) is 69.9 Å². The standard InChI is InChI=1S/C19H19FN4O2S/c1-12(2)13-4-7-15(8-5-13)24-19(21-22-23-24)27-11-17(25)14-6-9-18(26-3)16(20)10-14/h4-10,12H,11H2,1-3H3. The number of carbonyl (C=O) groups is 1. The molecule has 0 aliphatic rings. The maximum Gasteiger partial charge on any atom is 0.214 e. The molecular weight excluding hydrogens is 367 g/mol. The van der Waals surface area contributed by atoms with Gasteiger partial charge in [-0.15, -0.1) is 5.10 Å². The fourth-order valence-corrected chi connectivity index (χ4v) is 3.27. The molecule has 2 aromatic carbocycles. The molecule has 0 unspecified atom stereocenters. The Labute approximate surface area is 160 Å². The van der Waals surface area contributed by atoms with E-state index < -0.39 is 5.82 Å². The predicted molar refractivity (Wildman–Crippen MR) is 101 cm³/mol. The van der Waals surface area contributed by atoms with Crippen molar-refractivity contribution in [3.63, 3.8) is 0 Å². The Morgan fingerprint density at radius 1 is 1.22 bits per heavy atom. The van der Waals surface area contributed by atoms with Crippen LogP contribution in [0.1, 0.15) is 35.7 Å². The summed E-state index contributed by atoms with van der Waals surface area (Å²) in [4.78, 5) is 12.4. The van der Waals surface area contributed by atoms with E-state index in [9.17, 15) is 9.18 Å². The van der Waals surface area contributed by atoms with Gasteiger partial charge in [-0.05, 0) is 52.2 Å². The Kier molecular flexibility index (Phi) is 5.85. The molecule has 0 saturated heterocycles. The van der Waals surface area contributed by atoms with E-state index in [2.05, 4.69) is 29.4 Å². The molecule has 0 radical (unpaired) electrons. The lowest BCUT2D eigenvalue weighted by Gasteiger charge is -2.08. The van der Waals surface area contributed by atoms with Gasteiger partial charge in [0.15, 0.2) is 17.3 Å². The normalized spacial score (nSPS) is 11.0. The van der Waals surface area contributed by atoms with Crippen molar-refractivity contribution in [3.05, 3.63) is 59.4 Å². The molecule has 6 nitrogen and oxygen atoms in total. The molecule has 0 N–H and O–H groups in total. The van der Waals surface area contributed by atoms with Gasteiger partial charge in [-0.25, -0.2) is 4.39 Å². The molecule has 140 valence electrons. The number of tetrazole rings is 1. The molecule has 0 saturated carbocycles. The summed E-state index contributed by atoms with van der Waals surface area (Å²) in [6, 6.07) is 12.1. The van der Waals surface area contributed by atoms with E-state index >= 15 is 0 Å². The first-order valence-corrected chi connectivity index (χ1v) is 9.36. The fourth-order valence-electron chi connectivity index (χ4n) is 2.48. The van der Waals surface area contributed by atoms with Crippen molar-refractivity contribution < 1.29 is 13.9 Å². The van der Waals surface area contributed by atoms with Crippen molar-refractivity contribution in [2.45, 2.75) is 24.9 Å². The van der Waals surface area contributed by atoms with E-state index in [0.29, 0.717) is 11.1 Å². The van der Waals surface area contributed by atoms with Crippen LogP contribution < -0.4 is 4.74 Å². The number of aromatic nitrogens is 4.